The van der Waals surface area contributed by atoms with Crippen molar-refractivity contribution in [2.24, 2.45) is 0 Å². The second-order valence-electron chi connectivity index (χ2n) is 3.99. The summed E-state index contributed by atoms with van der Waals surface area (Å²) in [5.74, 6) is -3.03. The maximum absolute atomic E-state index is 12.5. The Kier molecular flexibility index (Phi) is 5.40. The molecule has 0 aromatic heterocycles. The van der Waals surface area contributed by atoms with Crippen LogP contribution >= 0.6 is 34.4 Å². The Hall–Kier alpha value is -1.35. The van der Waals surface area contributed by atoms with Gasteiger partial charge in [0.05, 0.1) is 9.26 Å². The average molecular weight is 421 g/mol. The molecule has 21 heavy (non-hydrogen) atoms. The Bertz CT molecular complexity index is 667. The van der Waals surface area contributed by atoms with Crippen molar-refractivity contribution in [2.75, 3.05) is 5.32 Å². The van der Waals surface area contributed by atoms with E-state index in [1.165, 1.54) is 12.1 Å². The largest absolute Gasteiger partial charge is 0.507 e. The van der Waals surface area contributed by atoms with Gasteiger partial charge in [-0.15, -0.1) is 0 Å². The SMILES string of the molecule is O=C(Nc1ccccc1SC(F)F)c1ccc(I)c(O)c1. The van der Waals surface area contributed by atoms with Crippen LogP contribution in [0.4, 0.5) is 14.5 Å². The highest BCUT2D eigenvalue weighted by atomic mass is 127. The first-order chi connectivity index (χ1) is 9.97. The van der Waals surface area contributed by atoms with E-state index in [1.54, 1.807) is 30.3 Å². The number of para-hydroxylation sites is 1. The summed E-state index contributed by atoms with van der Waals surface area (Å²) in [5, 5.41) is 12.2. The van der Waals surface area contributed by atoms with Gasteiger partial charge in [0.2, 0.25) is 0 Å². The van der Waals surface area contributed by atoms with Gasteiger partial charge in [-0.05, 0) is 52.9 Å². The molecular weight excluding hydrogens is 411 g/mol. The zero-order chi connectivity index (χ0) is 15.4. The number of anilines is 1. The van der Waals surface area contributed by atoms with E-state index in [2.05, 4.69) is 5.32 Å². The predicted octanol–water partition coefficient (Wildman–Crippen LogP) is 4.56. The van der Waals surface area contributed by atoms with Crippen LogP contribution in [-0.2, 0) is 0 Å². The van der Waals surface area contributed by atoms with E-state index in [1.807, 2.05) is 22.6 Å². The summed E-state index contributed by atoms with van der Waals surface area (Å²) in [6.45, 7) is 0. The Morgan fingerprint density at radius 3 is 2.62 bits per heavy atom. The number of aromatic hydroxyl groups is 1. The summed E-state index contributed by atoms with van der Waals surface area (Å²) in [4.78, 5) is 12.4. The number of rotatable bonds is 4. The molecule has 2 aromatic carbocycles. The number of alkyl halides is 2. The lowest BCUT2D eigenvalue weighted by atomic mass is 10.2. The number of amides is 1. The molecule has 3 nitrogen and oxygen atoms in total. The van der Waals surface area contributed by atoms with E-state index in [9.17, 15) is 18.7 Å². The molecule has 0 bridgehead atoms. The zero-order valence-electron chi connectivity index (χ0n) is 10.5. The fourth-order valence-corrected chi connectivity index (χ4v) is 2.55. The van der Waals surface area contributed by atoms with E-state index < -0.39 is 11.7 Å². The van der Waals surface area contributed by atoms with Crippen LogP contribution in [0.15, 0.2) is 47.4 Å². The lowest BCUT2D eigenvalue weighted by Crippen LogP contribution is -2.12. The molecule has 0 fully saturated rings. The van der Waals surface area contributed by atoms with Crippen LogP contribution in [0.1, 0.15) is 10.4 Å². The minimum Gasteiger partial charge on any atom is -0.507 e. The van der Waals surface area contributed by atoms with Crippen molar-refractivity contribution in [1.82, 2.24) is 0 Å². The van der Waals surface area contributed by atoms with Gasteiger partial charge in [-0.3, -0.25) is 4.79 Å². The molecule has 0 saturated heterocycles. The molecule has 0 radical (unpaired) electrons. The average Bonchev–Trinajstić information content (AvgIpc) is 2.43. The fourth-order valence-electron chi connectivity index (χ4n) is 1.62. The van der Waals surface area contributed by atoms with Crippen molar-refractivity contribution in [3.05, 3.63) is 51.6 Å². The number of nitrogens with one attached hydrogen (secondary N) is 1. The zero-order valence-corrected chi connectivity index (χ0v) is 13.5. The molecule has 1 amide bonds. The number of benzene rings is 2. The molecule has 2 aromatic rings. The van der Waals surface area contributed by atoms with Gasteiger partial charge in [0.25, 0.3) is 11.7 Å². The van der Waals surface area contributed by atoms with Gasteiger partial charge in [-0.1, -0.05) is 23.9 Å². The number of thioether (sulfide) groups is 1. The molecule has 0 aliphatic carbocycles. The van der Waals surface area contributed by atoms with Gasteiger partial charge in [0, 0.05) is 10.5 Å². The van der Waals surface area contributed by atoms with Crippen LogP contribution in [0.3, 0.4) is 0 Å². The van der Waals surface area contributed by atoms with Crippen LogP contribution in [0.2, 0.25) is 0 Å². The molecule has 0 aliphatic rings. The van der Waals surface area contributed by atoms with E-state index in [0.717, 1.165) is 0 Å². The smallest absolute Gasteiger partial charge is 0.288 e. The Morgan fingerprint density at radius 1 is 1.24 bits per heavy atom. The summed E-state index contributed by atoms with van der Waals surface area (Å²) in [7, 11) is 0. The maximum atomic E-state index is 12.5. The Morgan fingerprint density at radius 2 is 1.95 bits per heavy atom. The van der Waals surface area contributed by atoms with Crippen molar-refractivity contribution >= 4 is 45.9 Å². The molecule has 2 N–H and O–H groups in total. The first kappa shape index (κ1) is 16.0. The van der Waals surface area contributed by atoms with Gasteiger partial charge in [-0.2, -0.15) is 8.78 Å². The Balaban J connectivity index is 2.21. The lowest BCUT2D eigenvalue weighted by Gasteiger charge is -2.10. The van der Waals surface area contributed by atoms with Crippen molar-refractivity contribution in [2.45, 2.75) is 10.7 Å². The molecule has 7 heteroatoms. The van der Waals surface area contributed by atoms with Gasteiger partial charge in [0.15, 0.2) is 0 Å². The molecule has 0 spiro atoms. The molecule has 0 aliphatic heterocycles. The number of hydrogen-bond donors (Lipinski definition) is 2. The predicted molar refractivity (Wildman–Crippen MR) is 87.1 cm³/mol. The van der Waals surface area contributed by atoms with E-state index in [-0.39, 0.29) is 16.2 Å². The molecule has 2 rings (SSSR count). The quantitative estimate of drug-likeness (QED) is 0.562. The van der Waals surface area contributed by atoms with Crippen molar-refractivity contribution < 1.29 is 18.7 Å². The van der Waals surface area contributed by atoms with Gasteiger partial charge >= 0.3 is 0 Å². The number of phenols is 1. The summed E-state index contributed by atoms with van der Waals surface area (Å²) in [6.07, 6.45) is 0. The summed E-state index contributed by atoms with van der Waals surface area (Å²) in [6, 6.07) is 10.8. The number of carbonyl (C=O) groups is 1. The molecular formula is C14H10F2INO2S. The molecule has 110 valence electrons. The third kappa shape index (κ3) is 4.31. The number of halogens is 3. The number of carbonyl (C=O) groups excluding carboxylic acids is 1. The van der Waals surface area contributed by atoms with Crippen LogP contribution in [-0.4, -0.2) is 16.8 Å². The van der Waals surface area contributed by atoms with Crippen LogP contribution in [0, 0.1) is 3.57 Å². The van der Waals surface area contributed by atoms with E-state index >= 15 is 0 Å². The third-order valence-corrected chi connectivity index (χ3v) is 4.26. The Labute approximate surface area is 137 Å². The summed E-state index contributed by atoms with van der Waals surface area (Å²) < 4.78 is 25.6. The minimum absolute atomic E-state index is 0.00140. The topological polar surface area (TPSA) is 49.3 Å². The lowest BCUT2D eigenvalue weighted by molar-refractivity contribution is 0.102. The minimum atomic E-state index is -2.56. The highest BCUT2D eigenvalue weighted by Crippen LogP contribution is 2.32. The van der Waals surface area contributed by atoms with Gasteiger partial charge in [0.1, 0.15) is 5.75 Å². The van der Waals surface area contributed by atoms with Crippen LogP contribution < -0.4 is 5.32 Å². The third-order valence-electron chi connectivity index (χ3n) is 2.56. The van der Waals surface area contributed by atoms with E-state index in [0.29, 0.717) is 21.0 Å². The van der Waals surface area contributed by atoms with Crippen molar-refractivity contribution in [3.8, 4) is 5.75 Å². The standard InChI is InChI=1S/C14H10F2INO2S/c15-14(16)21-12-4-2-1-3-10(12)18-13(20)8-5-6-9(17)11(19)7-8/h1-7,14,19H,(H,18,20). The first-order valence-corrected chi connectivity index (χ1v) is 7.77. The maximum Gasteiger partial charge on any atom is 0.288 e. The number of phenolic OH excluding ortho intramolecular Hbond substituents is 1. The summed E-state index contributed by atoms with van der Waals surface area (Å²) in [5.41, 5.74) is 0.565. The summed E-state index contributed by atoms with van der Waals surface area (Å²) >= 11 is 2.31. The molecule has 0 saturated carbocycles. The van der Waals surface area contributed by atoms with Crippen molar-refractivity contribution in [1.29, 1.82) is 0 Å². The second-order valence-corrected chi connectivity index (χ2v) is 6.19. The highest BCUT2D eigenvalue weighted by molar-refractivity contribution is 14.1. The fraction of sp³-hybridized carbons (Fsp3) is 0.0714. The molecule has 0 unspecified atom stereocenters. The van der Waals surface area contributed by atoms with Gasteiger partial charge in [-0.25, -0.2) is 0 Å². The monoisotopic (exact) mass is 421 g/mol. The molecule has 0 atom stereocenters. The van der Waals surface area contributed by atoms with Gasteiger partial charge < -0.3 is 10.4 Å². The van der Waals surface area contributed by atoms with Crippen LogP contribution in [0.5, 0.6) is 5.75 Å². The second kappa shape index (κ2) is 7.08. The van der Waals surface area contributed by atoms with E-state index in [4.69, 9.17) is 0 Å². The van der Waals surface area contributed by atoms with Crippen molar-refractivity contribution in [3.63, 3.8) is 0 Å². The first-order valence-electron chi connectivity index (χ1n) is 5.81. The highest BCUT2D eigenvalue weighted by Gasteiger charge is 2.13. The van der Waals surface area contributed by atoms with Crippen LogP contribution in [0.25, 0.3) is 0 Å². The normalized spacial score (nSPS) is 10.7. The number of hydrogen-bond acceptors (Lipinski definition) is 3. The molecule has 0 heterocycles.